The fourth-order valence-corrected chi connectivity index (χ4v) is 4.32. The fraction of sp³-hybridized carbons (Fsp3) is 0.400. The van der Waals surface area contributed by atoms with Gasteiger partial charge in [-0.3, -0.25) is 9.59 Å². The molecule has 1 aromatic heterocycles. The van der Waals surface area contributed by atoms with E-state index in [-0.39, 0.29) is 17.9 Å². The average molecular weight is 372 g/mol. The highest BCUT2D eigenvalue weighted by atomic mass is 32.1. The molecular weight excluding hydrogens is 348 g/mol. The van der Waals surface area contributed by atoms with Gasteiger partial charge < -0.3 is 15.0 Å². The minimum atomic E-state index is -0.417. The van der Waals surface area contributed by atoms with Gasteiger partial charge in [0.25, 0.3) is 5.91 Å². The normalized spacial score (nSPS) is 19.3. The number of benzene rings is 1. The molecule has 0 aliphatic carbocycles. The molecule has 2 atom stereocenters. The van der Waals surface area contributed by atoms with Gasteiger partial charge in [-0.15, -0.1) is 11.3 Å². The number of hydrogen-bond donors (Lipinski definition) is 1. The van der Waals surface area contributed by atoms with Crippen molar-refractivity contribution in [3.05, 3.63) is 57.8 Å². The summed E-state index contributed by atoms with van der Waals surface area (Å²) in [4.78, 5) is 28.6. The molecule has 0 saturated carbocycles. The van der Waals surface area contributed by atoms with E-state index in [1.165, 1.54) is 0 Å². The topological polar surface area (TPSA) is 58.6 Å². The summed E-state index contributed by atoms with van der Waals surface area (Å²) in [6.45, 7) is 3.82. The molecule has 1 aliphatic rings. The van der Waals surface area contributed by atoms with Gasteiger partial charge in [0.2, 0.25) is 5.91 Å². The second-order valence-corrected chi connectivity index (χ2v) is 7.26. The summed E-state index contributed by atoms with van der Waals surface area (Å²) in [6.07, 6.45) is 0.770. The summed E-state index contributed by atoms with van der Waals surface area (Å²) in [5, 5.41) is 5.00. The summed E-state index contributed by atoms with van der Waals surface area (Å²) < 4.78 is 5.33. The zero-order chi connectivity index (χ0) is 18.5. The number of carbonyl (C=O) groups is 2. The molecule has 2 amide bonds. The molecule has 2 heterocycles. The van der Waals surface area contributed by atoms with E-state index in [2.05, 4.69) is 5.32 Å². The highest BCUT2D eigenvalue weighted by molar-refractivity contribution is 7.10. The van der Waals surface area contributed by atoms with Gasteiger partial charge in [0.15, 0.2) is 0 Å². The Bertz CT molecular complexity index is 760. The zero-order valence-corrected chi connectivity index (χ0v) is 15.9. The first kappa shape index (κ1) is 18.6. The van der Waals surface area contributed by atoms with Crippen LogP contribution in [-0.2, 0) is 9.53 Å². The third kappa shape index (κ3) is 3.66. The summed E-state index contributed by atoms with van der Waals surface area (Å²) >= 11 is 1.57. The predicted octanol–water partition coefficient (Wildman–Crippen LogP) is 3.20. The minimum Gasteiger partial charge on any atom is -0.382 e. The Morgan fingerprint density at radius 1 is 1.27 bits per heavy atom. The van der Waals surface area contributed by atoms with Gasteiger partial charge >= 0.3 is 0 Å². The Labute approximate surface area is 158 Å². The van der Waals surface area contributed by atoms with Crippen LogP contribution in [0.5, 0.6) is 0 Å². The van der Waals surface area contributed by atoms with E-state index >= 15 is 0 Å². The molecule has 0 bridgehead atoms. The van der Waals surface area contributed by atoms with Crippen LogP contribution in [0.1, 0.15) is 46.1 Å². The molecule has 0 unspecified atom stereocenters. The molecule has 1 N–H and O–H groups in total. The van der Waals surface area contributed by atoms with Crippen molar-refractivity contribution in [2.45, 2.75) is 25.3 Å². The first-order valence-electron chi connectivity index (χ1n) is 8.90. The van der Waals surface area contributed by atoms with Crippen LogP contribution in [-0.4, -0.2) is 43.5 Å². The monoisotopic (exact) mass is 372 g/mol. The first-order valence-corrected chi connectivity index (χ1v) is 9.78. The molecular formula is C20H24N2O3S. The van der Waals surface area contributed by atoms with Gasteiger partial charge in [0, 0.05) is 37.2 Å². The SMILES string of the molecule is CCOCCCNC(=O)[C@H]1c2ccccc2C(=O)N(C)[C@@H]1c1cccs1. The fourth-order valence-electron chi connectivity index (χ4n) is 3.41. The first-order chi connectivity index (χ1) is 12.6. The summed E-state index contributed by atoms with van der Waals surface area (Å²) in [7, 11) is 1.78. The highest BCUT2D eigenvalue weighted by Crippen LogP contribution is 2.43. The van der Waals surface area contributed by atoms with Gasteiger partial charge in [-0.05, 0) is 36.4 Å². The van der Waals surface area contributed by atoms with Crippen molar-refractivity contribution in [3.63, 3.8) is 0 Å². The largest absolute Gasteiger partial charge is 0.382 e. The molecule has 1 aromatic carbocycles. The maximum absolute atomic E-state index is 13.1. The van der Waals surface area contributed by atoms with Crippen molar-refractivity contribution < 1.29 is 14.3 Å². The number of thiophene rings is 1. The van der Waals surface area contributed by atoms with Gasteiger partial charge in [0.05, 0.1) is 12.0 Å². The number of nitrogens with zero attached hydrogens (tertiary/aromatic N) is 1. The molecule has 0 spiro atoms. The molecule has 0 fully saturated rings. The van der Waals surface area contributed by atoms with Crippen molar-refractivity contribution in [3.8, 4) is 0 Å². The van der Waals surface area contributed by atoms with E-state index in [0.29, 0.717) is 25.3 Å². The number of rotatable bonds is 7. The van der Waals surface area contributed by atoms with Crippen LogP contribution in [0, 0.1) is 0 Å². The van der Waals surface area contributed by atoms with Crippen molar-refractivity contribution in [1.29, 1.82) is 0 Å². The number of hydrogen-bond acceptors (Lipinski definition) is 4. The average Bonchev–Trinajstić information content (AvgIpc) is 3.18. The lowest BCUT2D eigenvalue weighted by Crippen LogP contribution is -2.45. The maximum atomic E-state index is 13.1. The molecule has 5 nitrogen and oxygen atoms in total. The Balaban J connectivity index is 1.88. The Morgan fingerprint density at radius 3 is 2.81 bits per heavy atom. The van der Waals surface area contributed by atoms with E-state index in [0.717, 1.165) is 16.9 Å². The Hall–Kier alpha value is -2.18. The van der Waals surface area contributed by atoms with Crippen LogP contribution >= 0.6 is 11.3 Å². The van der Waals surface area contributed by atoms with Gasteiger partial charge in [-0.25, -0.2) is 0 Å². The molecule has 0 saturated heterocycles. The number of fused-ring (bicyclic) bond motifs is 1. The van der Waals surface area contributed by atoms with Crippen LogP contribution in [0.15, 0.2) is 41.8 Å². The van der Waals surface area contributed by atoms with Gasteiger partial charge in [0.1, 0.15) is 0 Å². The molecule has 26 heavy (non-hydrogen) atoms. The van der Waals surface area contributed by atoms with E-state index in [1.807, 2.05) is 42.6 Å². The Kier molecular flexibility index (Phi) is 6.06. The standard InChI is InChI=1S/C20H24N2O3S/c1-3-25-12-7-11-21-19(23)17-14-8-4-5-9-15(14)20(24)22(2)18(17)16-10-6-13-26-16/h4-6,8-10,13,17-18H,3,7,11-12H2,1-2H3,(H,21,23)/t17-,18+/m0/s1. The Morgan fingerprint density at radius 2 is 2.08 bits per heavy atom. The van der Waals surface area contributed by atoms with E-state index in [9.17, 15) is 9.59 Å². The molecule has 1 aliphatic heterocycles. The van der Waals surface area contributed by atoms with Crippen LogP contribution in [0.2, 0.25) is 0 Å². The third-order valence-electron chi connectivity index (χ3n) is 4.67. The second kappa shape index (κ2) is 8.47. The summed E-state index contributed by atoms with van der Waals surface area (Å²) in [5.74, 6) is -0.509. The van der Waals surface area contributed by atoms with Crippen molar-refractivity contribution in [2.24, 2.45) is 0 Å². The van der Waals surface area contributed by atoms with Crippen LogP contribution < -0.4 is 5.32 Å². The number of likely N-dealkylation sites (N-methyl/N-ethyl adjacent to an activating group) is 1. The highest BCUT2D eigenvalue weighted by Gasteiger charge is 2.42. The van der Waals surface area contributed by atoms with Crippen molar-refractivity contribution in [1.82, 2.24) is 10.2 Å². The lowest BCUT2D eigenvalue weighted by Gasteiger charge is -2.39. The van der Waals surface area contributed by atoms with E-state index < -0.39 is 5.92 Å². The number of ether oxygens (including phenoxy) is 1. The number of amides is 2. The smallest absolute Gasteiger partial charge is 0.254 e. The molecule has 2 aromatic rings. The quantitative estimate of drug-likeness (QED) is 0.760. The van der Waals surface area contributed by atoms with Gasteiger partial charge in [-0.2, -0.15) is 0 Å². The van der Waals surface area contributed by atoms with E-state index in [1.54, 1.807) is 29.4 Å². The van der Waals surface area contributed by atoms with Crippen LogP contribution in [0.3, 0.4) is 0 Å². The summed E-state index contributed by atoms with van der Waals surface area (Å²) in [5.41, 5.74) is 1.41. The van der Waals surface area contributed by atoms with Gasteiger partial charge in [-0.1, -0.05) is 24.3 Å². The number of carbonyl (C=O) groups excluding carboxylic acids is 2. The molecule has 3 rings (SSSR count). The number of nitrogens with one attached hydrogen (secondary N) is 1. The lowest BCUT2D eigenvalue weighted by molar-refractivity contribution is -0.124. The minimum absolute atomic E-state index is 0.0422. The molecule has 6 heteroatoms. The second-order valence-electron chi connectivity index (χ2n) is 6.28. The van der Waals surface area contributed by atoms with E-state index in [4.69, 9.17) is 4.74 Å². The van der Waals surface area contributed by atoms with Crippen molar-refractivity contribution >= 4 is 23.2 Å². The van der Waals surface area contributed by atoms with Crippen LogP contribution in [0.4, 0.5) is 0 Å². The molecule has 0 radical (unpaired) electrons. The van der Waals surface area contributed by atoms with Crippen LogP contribution in [0.25, 0.3) is 0 Å². The summed E-state index contributed by atoms with van der Waals surface area (Å²) in [6, 6.07) is 11.1. The maximum Gasteiger partial charge on any atom is 0.254 e. The lowest BCUT2D eigenvalue weighted by atomic mass is 9.81. The third-order valence-corrected chi connectivity index (χ3v) is 5.61. The molecule has 138 valence electrons. The van der Waals surface area contributed by atoms with Crippen molar-refractivity contribution in [2.75, 3.05) is 26.8 Å². The predicted molar refractivity (Wildman–Crippen MR) is 102 cm³/mol. The zero-order valence-electron chi connectivity index (χ0n) is 15.1.